The summed E-state index contributed by atoms with van der Waals surface area (Å²) in [7, 11) is 0. The van der Waals surface area contributed by atoms with Crippen LogP contribution in [0.2, 0.25) is 0 Å². The molecule has 0 spiro atoms. The SMILES string of the molecule is CC(C)N(Cc1ccccn1)C(=O)c1ccc(Cn2ccnc2)cc1. The Morgan fingerprint density at radius 3 is 2.52 bits per heavy atom. The molecule has 0 saturated heterocycles. The van der Waals surface area contributed by atoms with Gasteiger partial charge in [0.05, 0.1) is 18.6 Å². The fourth-order valence-electron chi connectivity index (χ4n) is 2.66. The maximum atomic E-state index is 12.9. The van der Waals surface area contributed by atoms with E-state index in [1.54, 1.807) is 18.7 Å². The predicted molar refractivity (Wildman–Crippen MR) is 97.0 cm³/mol. The zero-order valence-corrected chi connectivity index (χ0v) is 14.5. The fourth-order valence-corrected chi connectivity index (χ4v) is 2.66. The lowest BCUT2D eigenvalue weighted by Gasteiger charge is -2.26. The first-order chi connectivity index (χ1) is 12.1. The highest BCUT2D eigenvalue weighted by Gasteiger charge is 2.19. The van der Waals surface area contributed by atoms with Crippen molar-refractivity contribution in [3.05, 3.63) is 84.2 Å². The topological polar surface area (TPSA) is 51.0 Å². The summed E-state index contributed by atoms with van der Waals surface area (Å²) in [5.41, 5.74) is 2.72. The van der Waals surface area contributed by atoms with Crippen molar-refractivity contribution in [3.8, 4) is 0 Å². The molecule has 0 aliphatic rings. The molecule has 0 bridgehead atoms. The summed E-state index contributed by atoms with van der Waals surface area (Å²) >= 11 is 0. The van der Waals surface area contributed by atoms with E-state index in [2.05, 4.69) is 9.97 Å². The lowest BCUT2D eigenvalue weighted by molar-refractivity contribution is 0.0688. The van der Waals surface area contributed by atoms with Crippen LogP contribution in [0.4, 0.5) is 0 Å². The minimum atomic E-state index is 0.0230. The maximum absolute atomic E-state index is 12.9. The Kier molecular flexibility index (Phi) is 5.23. The molecule has 0 unspecified atom stereocenters. The zero-order valence-electron chi connectivity index (χ0n) is 14.5. The van der Waals surface area contributed by atoms with Gasteiger partial charge in [0.15, 0.2) is 0 Å². The third kappa shape index (κ3) is 4.32. The average molecular weight is 334 g/mol. The van der Waals surface area contributed by atoms with Crippen LogP contribution in [0, 0.1) is 0 Å². The molecule has 1 amide bonds. The molecule has 0 aliphatic carbocycles. The number of carbonyl (C=O) groups excluding carboxylic acids is 1. The smallest absolute Gasteiger partial charge is 0.254 e. The van der Waals surface area contributed by atoms with Crippen LogP contribution in [-0.4, -0.2) is 31.4 Å². The van der Waals surface area contributed by atoms with Crippen LogP contribution in [0.25, 0.3) is 0 Å². The van der Waals surface area contributed by atoms with Crippen molar-refractivity contribution in [1.29, 1.82) is 0 Å². The number of pyridine rings is 1. The predicted octanol–water partition coefficient (Wildman–Crippen LogP) is 3.38. The van der Waals surface area contributed by atoms with E-state index in [4.69, 9.17) is 0 Å². The number of rotatable bonds is 6. The van der Waals surface area contributed by atoms with Crippen molar-refractivity contribution >= 4 is 5.91 Å². The first-order valence-electron chi connectivity index (χ1n) is 8.39. The fraction of sp³-hybridized carbons (Fsp3) is 0.250. The summed E-state index contributed by atoms with van der Waals surface area (Å²) in [6, 6.07) is 13.6. The van der Waals surface area contributed by atoms with Gasteiger partial charge >= 0.3 is 0 Å². The second kappa shape index (κ2) is 7.75. The summed E-state index contributed by atoms with van der Waals surface area (Å²) in [6.45, 7) is 5.30. The molecule has 128 valence electrons. The second-order valence-electron chi connectivity index (χ2n) is 6.28. The molecule has 0 saturated carbocycles. The van der Waals surface area contributed by atoms with Gasteiger partial charge in [0.1, 0.15) is 0 Å². The van der Waals surface area contributed by atoms with Gasteiger partial charge in [0.2, 0.25) is 0 Å². The number of amides is 1. The maximum Gasteiger partial charge on any atom is 0.254 e. The Bertz CT molecular complexity index is 795. The quantitative estimate of drug-likeness (QED) is 0.694. The molecule has 1 aromatic carbocycles. The molecule has 0 radical (unpaired) electrons. The van der Waals surface area contributed by atoms with E-state index in [-0.39, 0.29) is 11.9 Å². The van der Waals surface area contributed by atoms with E-state index in [1.807, 2.05) is 72.0 Å². The standard InChI is InChI=1S/C20H22N4O/c1-16(2)24(14-19-5-3-4-10-22-19)20(25)18-8-6-17(7-9-18)13-23-12-11-21-15-23/h3-12,15-16H,13-14H2,1-2H3. The van der Waals surface area contributed by atoms with E-state index in [9.17, 15) is 4.79 Å². The van der Waals surface area contributed by atoms with Crippen LogP contribution < -0.4 is 0 Å². The van der Waals surface area contributed by atoms with Crippen molar-refractivity contribution in [2.45, 2.75) is 33.0 Å². The van der Waals surface area contributed by atoms with E-state index in [0.717, 1.165) is 17.8 Å². The molecule has 2 heterocycles. The van der Waals surface area contributed by atoms with E-state index >= 15 is 0 Å². The Hall–Kier alpha value is -2.95. The molecule has 3 rings (SSSR count). The van der Waals surface area contributed by atoms with Gasteiger partial charge in [-0.15, -0.1) is 0 Å². The first kappa shape index (κ1) is 16.9. The Morgan fingerprint density at radius 2 is 1.92 bits per heavy atom. The molecule has 5 nitrogen and oxygen atoms in total. The number of hydrogen-bond donors (Lipinski definition) is 0. The number of nitrogens with zero attached hydrogens (tertiary/aromatic N) is 4. The van der Waals surface area contributed by atoms with Crippen LogP contribution in [0.5, 0.6) is 0 Å². The van der Waals surface area contributed by atoms with Gasteiger partial charge in [0, 0.05) is 36.7 Å². The van der Waals surface area contributed by atoms with Gasteiger partial charge in [-0.05, 0) is 43.7 Å². The molecule has 2 aromatic heterocycles. The number of aromatic nitrogens is 3. The van der Waals surface area contributed by atoms with Gasteiger partial charge in [-0.3, -0.25) is 9.78 Å². The van der Waals surface area contributed by atoms with Crippen LogP contribution in [0.3, 0.4) is 0 Å². The number of benzene rings is 1. The van der Waals surface area contributed by atoms with Crippen molar-refractivity contribution in [1.82, 2.24) is 19.4 Å². The third-order valence-electron chi connectivity index (χ3n) is 4.07. The normalized spacial score (nSPS) is 10.8. The molecular formula is C20H22N4O. The lowest BCUT2D eigenvalue weighted by atomic mass is 10.1. The molecule has 0 N–H and O–H groups in total. The number of imidazole rings is 1. The highest BCUT2D eigenvalue weighted by Crippen LogP contribution is 2.14. The monoisotopic (exact) mass is 334 g/mol. The summed E-state index contributed by atoms with van der Waals surface area (Å²) < 4.78 is 2.00. The molecule has 3 aromatic rings. The van der Waals surface area contributed by atoms with Gasteiger partial charge in [0.25, 0.3) is 5.91 Å². The van der Waals surface area contributed by atoms with Crippen molar-refractivity contribution in [3.63, 3.8) is 0 Å². The first-order valence-corrected chi connectivity index (χ1v) is 8.39. The zero-order chi connectivity index (χ0) is 17.6. The van der Waals surface area contributed by atoms with Crippen LogP contribution in [-0.2, 0) is 13.1 Å². The van der Waals surface area contributed by atoms with Gasteiger partial charge in [-0.1, -0.05) is 18.2 Å². The summed E-state index contributed by atoms with van der Waals surface area (Å²) in [5.74, 6) is 0.0230. The lowest BCUT2D eigenvalue weighted by Crippen LogP contribution is -2.36. The van der Waals surface area contributed by atoms with E-state index in [0.29, 0.717) is 12.1 Å². The van der Waals surface area contributed by atoms with Crippen molar-refractivity contribution in [2.75, 3.05) is 0 Å². The highest BCUT2D eigenvalue weighted by atomic mass is 16.2. The largest absolute Gasteiger partial charge is 0.333 e. The third-order valence-corrected chi connectivity index (χ3v) is 4.07. The minimum absolute atomic E-state index is 0.0230. The van der Waals surface area contributed by atoms with Crippen LogP contribution >= 0.6 is 0 Å². The van der Waals surface area contributed by atoms with Gasteiger partial charge < -0.3 is 9.47 Å². The average Bonchev–Trinajstić information content (AvgIpc) is 3.13. The van der Waals surface area contributed by atoms with Crippen LogP contribution in [0.15, 0.2) is 67.4 Å². The van der Waals surface area contributed by atoms with Crippen molar-refractivity contribution < 1.29 is 4.79 Å². The van der Waals surface area contributed by atoms with Crippen molar-refractivity contribution in [2.24, 2.45) is 0 Å². The molecule has 5 heteroatoms. The summed E-state index contributed by atoms with van der Waals surface area (Å²) in [4.78, 5) is 23.1. The Labute approximate surface area is 148 Å². The molecule has 25 heavy (non-hydrogen) atoms. The molecular weight excluding hydrogens is 312 g/mol. The highest BCUT2D eigenvalue weighted by molar-refractivity contribution is 5.94. The molecule has 0 atom stereocenters. The number of carbonyl (C=O) groups is 1. The molecule has 0 aliphatic heterocycles. The number of hydrogen-bond acceptors (Lipinski definition) is 3. The summed E-state index contributed by atoms with van der Waals surface area (Å²) in [6.07, 6.45) is 7.22. The minimum Gasteiger partial charge on any atom is -0.333 e. The Balaban J connectivity index is 1.73. The van der Waals surface area contributed by atoms with E-state index in [1.165, 1.54) is 0 Å². The van der Waals surface area contributed by atoms with Gasteiger partial charge in [-0.2, -0.15) is 0 Å². The molecule has 0 fully saturated rings. The van der Waals surface area contributed by atoms with Gasteiger partial charge in [-0.25, -0.2) is 4.98 Å². The van der Waals surface area contributed by atoms with Crippen LogP contribution in [0.1, 0.15) is 35.5 Å². The summed E-state index contributed by atoms with van der Waals surface area (Å²) in [5, 5.41) is 0. The Morgan fingerprint density at radius 1 is 1.12 bits per heavy atom. The second-order valence-corrected chi connectivity index (χ2v) is 6.28. The van der Waals surface area contributed by atoms with E-state index < -0.39 is 0 Å².